The number of ether oxygens (including phenoxy) is 2. The molecule has 2 heterocycles. The molecule has 0 aliphatic heterocycles. The number of aromatic nitrogens is 3. The van der Waals surface area contributed by atoms with Gasteiger partial charge in [-0.2, -0.15) is 0 Å². The molecule has 0 saturated carbocycles. The van der Waals surface area contributed by atoms with Gasteiger partial charge in [0.05, 0.1) is 31.0 Å². The number of nitrogens with zero attached hydrogens (tertiary/aromatic N) is 3. The molecule has 0 aliphatic carbocycles. The van der Waals surface area contributed by atoms with E-state index in [1.807, 2.05) is 13.8 Å². The van der Waals surface area contributed by atoms with Crippen LogP contribution in [-0.4, -0.2) is 33.6 Å². The Morgan fingerprint density at radius 1 is 1.29 bits per heavy atom. The van der Waals surface area contributed by atoms with Gasteiger partial charge in [-0.15, -0.1) is 0 Å². The molecule has 8 heteroatoms. The van der Waals surface area contributed by atoms with E-state index in [1.54, 1.807) is 25.3 Å². The maximum Gasteiger partial charge on any atom is 0.310 e. The van der Waals surface area contributed by atoms with Crippen LogP contribution in [0, 0.1) is 0 Å². The van der Waals surface area contributed by atoms with Gasteiger partial charge in [0.25, 0.3) is 0 Å². The van der Waals surface area contributed by atoms with Crippen LogP contribution >= 0.6 is 11.6 Å². The SMILES string of the molecule is CCOC(=O)Cc1cnc(Cl)nc1Nc1ccc(OC(C)C)nc1. The topological polar surface area (TPSA) is 86.2 Å². The molecule has 128 valence electrons. The van der Waals surface area contributed by atoms with E-state index < -0.39 is 0 Å². The molecule has 0 atom stereocenters. The standard InChI is InChI=1S/C16H19ClN4O3/c1-4-23-14(22)7-11-8-19-16(17)21-15(11)20-12-5-6-13(18-9-12)24-10(2)3/h5-6,8-10H,4,7H2,1-3H3,(H,19,20,21). The molecular formula is C16H19ClN4O3. The fraction of sp³-hybridized carbons (Fsp3) is 0.375. The Morgan fingerprint density at radius 3 is 2.71 bits per heavy atom. The first-order valence-electron chi connectivity index (χ1n) is 7.54. The Balaban J connectivity index is 2.15. The number of carbonyl (C=O) groups is 1. The lowest BCUT2D eigenvalue weighted by Gasteiger charge is -2.12. The van der Waals surface area contributed by atoms with Gasteiger partial charge in [-0.25, -0.2) is 15.0 Å². The predicted molar refractivity (Wildman–Crippen MR) is 90.7 cm³/mol. The van der Waals surface area contributed by atoms with Gasteiger partial charge >= 0.3 is 5.97 Å². The maximum atomic E-state index is 11.7. The molecule has 7 nitrogen and oxygen atoms in total. The second-order valence-electron chi connectivity index (χ2n) is 5.17. The third-order valence-electron chi connectivity index (χ3n) is 2.83. The van der Waals surface area contributed by atoms with E-state index in [0.717, 1.165) is 0 Å². The highest BCUT2D eigenvalue weighted by atomic mass is 35.5. The minimum atomic E-state index is -0.356. The van der Waals surface area contributed by atoms with Crippen molar-refractivity contribution in [3.8, 4) is 5.88 Å². The monoisotopic (exact) mass is 350 g/mol. The Hall–Kier alpha value is -2.41. The second-order valence-corrected chi connectivity index (χ2v) is 5.51. The number of nitrogens with one attached hydrogen (secondary N) is 1. The molecule has 2 aromatic heterocycles. The molecule has 2 rings (SSSR count). The summed E-state index contributed by atoms with van der Waals surface area (Å²) >= 11 is 5.85. The van der Waals surface area contributed by atoms with Crippen molar-refractivity contribution in [2.24, 2.45) is 0 Å². The van der Waals surface area contributed by atoms with E-state index in [0.29, 0.717) is 29.6 Å². The van der Waals surface area contributed by atoms with E-state index in [1.165, 1.54) is 6.20 Å². The lowest BCUT2D eigenvalue weighted by molar-refractivity contribution is -0.142. The van der Waals surface area contributed by atoms with Gasteiger partial charge in [0.2, 0.25) is 11.2 Å². The van der Waals surface area contributed by atoms with E-state index in [4.69, 9.17) is 21.1 Å². The van der Waals surface area contributed by atoms with Crippen molar-refractivity contribution in [2.75, 3.05) is 11.9 Å². The van der Waals surface area contributed by atoms with Gasteiger partial charge in [-0.05, 0) is 38.4 Å². The van der Waals surface area contributed by atoms with E-state index in [-0.39, 0.29) is 23.8 Å². The van der Waals surface area contributed by atoms with Crippen LogP contribution in [-0.2, 0) is 16.0 Å². The van der Waals surface area contributed by atoms with Crippen molar-refractivity contribution in [2.45, 2.75) is 33.3 Å². The quantitative estimate of drug-likeness (QED) is 0.606. The summed E-state index contributed by atoms with van der Waals surface area (Å²) < 4.78 is 10.4. The molecule has 0 bridgehead atoms. The van der Waals surface area contributed by atoms with Crippen molar-refractivity contribution >= 4 is 29.1 Å². The number of rotatable bonds is 7. The molecule has 0 aliphatic rings. The van der Waals surface area contributed by atoms with Crippen LogP contribution in [0.2, 0.25) is 5.28 Å². The highest BCUT2D eigenvalue weighted by Crippen LogP contribution is 2.21. The Kier molecular flexibility index (Phi) is 6.31. The van der Waals surface area contributed by atoms with Crippen molar-refractivity contribution in [3.63, 3.8) is 0 Å². The minimum absolute atomic E-state index is 0.0492. The zero-order valence-electron chi connectivity index (χ0n) is 13.7. The highest BCUT2D eigenvalue weighted by Gasteiger charge is 2.12. The summed E-state index contributed by atoms with van der Waals surface area (Å²) in [5.41, 5.74) is 1.27. The Labute approximate surface area is 145 Å². The fourth-order valence-electron chi connectivity index (χ4n) is 1.89. The molecule has 0 unspecified atom stereocenters. The summed E-state index contributed by atoms with van der Waals surface area (Å²) in [6.07, 6.45) is 3.21. The van der Waals surface area contributed by atoms with Crippen LogP contribution in [0.4, 0.5) is 11.5 Å². The average Bonchev–Trinajstić information content (AvgIpc) is 2.52. The summed E-state index contributed by atoms with van der Waals surface area (Å²) in [5, 5.41) is 3.16. The van der Waals surface area contributed by atoms with Crippen molar-refractivity contribution in [1.82, 2.24) is 15.0 Å². The number of anilines is 2. The van der Waals surface area contributed by atoms with Crippen molar-refractivity contribution in [3.05, 3.63) is 35.4 Å². The van der Waals surface area contributed by atoms with Crippen LogP contribution in [0.25, 0.3) is 0 Å². The van der Waals surface area contributed by atoms with Crippen LogP contribution in [0.1, 0.15) is 26.3 Å². The third kappa shape index (κ3) is 5.34. The molecule has 0 aromatic carbocycles. The number of pyridine rings is 1. The van der Waals surface area contributed by atoms with E-state index in [2.05, 4.69) is 20.3 Å². The minimum Gasteiger partial charge on any atom is -0.475 e. The van der Waals surface area contributed by atoms with Gasteiger partial charge in [0.1, 0.15) is 5.82 Å². The molecule has 0 spiro atoms. The Morgan fingerprint density at radius 2 is 2.08 bits per heavy atom. The molecular weight excluding hydrogens is 332 g/mol. The third-order valence-corrected chi connectivity index (χ3v) is 3.01. The smallest absolute Gasteiger partial charge is 0.310 e. The molecule has 2 aromatic rings. The van der Waals surface area contributed by atoms with Gasteiger partial charge in [0, 0.05) is 17.8 Å². The van der Waals surface area contributed by atoms with Crippen LogP contribution in [0.5, 0.6) is 5.88 Å². The number of carbonyl (C=O) groups excluding carboxylic acids is 1. The van der Waals surface area contributed by atoms with Gasteiger partial charge in [-0.3, -0.25) is 4.79 Å². The number of hydrogen-bond donors (Lipinski definition) is 1. The summed E-state index contributed by atoms with van der Waals surface area (Å²) in [5.74, 6) is 0.607. The zero-order valence-corrected chi connectivity index (χ0v) is 14.5. The summed E-state index contributed by atoms with van der Waals surface area (Å²) in [4.78, 5) is 23.9. The summed E-state index contributed by atoms with van der Waals surface area (Å²) in [6.45, 7) is 5.93. The van der Waals surface area contributed by atoms with Crippen molar-refractivity contribution < 1.29 is 14.3 Å². The van der Waals surface area contributed by atoms with Crippen LogP contribution in [0.3, 0.4) is 0 Å². The van der Waals surface area contributed by atoms with E-state index >= 15 is 0 Å². The summed E-state index contributed by atoms with van der Waals surface area (Å²) in [6, 6.07) is 3.55. The molecule has 1 N–H and O–H groups in total. The van der Waals surface area contributed by atoms with Crippen LogP contribution in [0.15, 0.2) is 24.5 Å². The zero-order chi connectivity index (χ0) is 17.5. The first-order chi connectivity index (χ1) is 11.5. The second kappa shape index (κ2) is 8.44. The number of hydrogen-bond acceptors (Lipinski definition) is 7. The van der Waals surface area contributed by atoms with Crippen LogP contribution < -0.4 is 10.1 Å². The van der Waals surface area contributed by atoms with Crippen molar-refractivity contribution in [1.29, 1.82) is 0 Å². The average molecular weight is 351 g/mol. The molecule has 0 amide bonds. The van der Waals surface area contributed by atoms with Gasteiger partial charge < -0.3 is 14.8 Å². The lowest BCUT2D eigenvalue weighted by atomic mass is 10.2. The lowest BCUT2D eigenvalue weighted by Crippen LogP contribution is -2.11. The highest BCUT2D eigenvalue weighted by molar-refractivity contribution is 6.28. The first-order valence-corrected chi connectivity index (χ1v) is 7.92. The normalized spacial score (nSPS) is 10.5. The molecule has 0 radical (unpaired) electrons. The van der Waals surface area contributed by atoms with Gasteiger partial charge in [-0.1, -0.05) is 0 Å². The van der Waals surface area contributed by atoms with E-state index in [9.17, 15) is 4.79 Å². The largest absolute Gasteiger partial charge is 0.475 e. The molecule has 0 saturated heterocycles. The maximum absolute atomic E-state index is 11.7. The number of halogens is 1. The van der Waals surface area contributed by atoms with Gasteiger partial charge in [0.15, 0.2) is 0 Å². The summed E-state index contributed by atoms with van der Waals surface area (Å²) in [7, 11) is 0. The number of esters is 1. The Bertz CT molecular complexity index is 692. The molecule has 0 fully saturated rings. The fourth-order valence-corrected chi connectivity index (χ4v) is 2.03. The predicted octanol–water partition coefficient (Wildman–Crippen LogP) is 3.16. The first kappa shape index (κ1) is 17.9. The molecule has 24 heavy (non-hydrogen) atoms.